The molecule has 0 aliphatic heterocycles. The molecule has 2 atom stereocenters. The lowest BCUT2D eigenvalue weighted by atomic mass is 10.0. The zero-order valence-electron chi connectivity index (χ0n) is 11.2. The predicted octanol–water partition coefficient (Wildman–Crippen LogP) is 1.39. The van der Waals surface area contributed by atoms with Gasteiger partial charge in [0.25, 0.3) is 5.91 Å². The third-order valence-corrected chi connectivity index (χ3v) is 3.15. The molecule has 1 aromatic carbocycles. The molecule has 0 saturated heterocycles. The number of anilines is 1. The second kappa shape index (κ2) is 7.53. The van der Waals surface area contributed by atoms with Crippen LogP contribution in [0, 0.1) is 5.92 Å². The zero-order valence-corrected chi connectivity index (χ0v) is 11.2. The number of rotatable bonds is 7. The van der Waals surface area contributed by atoms with Crippen LogP contribution in [0.4, 0.5) is 5.69 Å². The molecule has 0 aliphatic rings. The molecule has 2 amide bonds. The van der Waals surface area contributed by atoms with Crippen molar-refractivity contribution in [1.29, 1.82) is 0 Å². The van der Waals surface area contributed by atoms with Gasteiger partial charge in [0.15, 0.2) is 0 Å². The molecule has 1 rings (SSSR count). The first-order valence-electron chi connectivity index (χ1n) is 6.35. The Morgan fingerprint density at radius 2 is 2.00 bits per heavy atom. The van der Waals surface area contributed by atoms with Crippen molar-refractivity contribution in [2.24, 2.45) is 5.92 Å². The Kier molecular flexibility index (Phi) is 6.02. The van der Waals surface area contributed by atoms with Gasteiger partial charge in [-0.1, -0.05) is 20.3 Å². The van der Waals surface area contributed by atoms with E-state index in [1.165, 1.54) is 0 Å². The molecule has 19 heavy (non-hydrogen) atoms. The van der Waals surface area contributed by atoms with Crippen molar-refractivity contribution in [3.05, 3.63) is 29.8 Å². The first kappa shape index (κ1) is 15.2. The average molecular weight is 264 g/mol. The van der Waals surface area contributed by atoms with Gasteiger partial charge in [-0.25, -0.2) is 0 Å². The molecule has 0 fully saturated rings. The van der Waals surface area contributed by atoms with Crippen LogP contribution in [-0.2, 0) is 4.79 Å². The van der Waals surface area contributed by atoms with Crippen LogP contribution in [-0.4, -0.2) is 30.1 Å². The summed E-state index contributed by atoms with van der Waals surface area (Å²) in [6.07, 6.45) is 0.908. The normalized spacial score (nSPS) is 13.4. The van der Waals surface area contributed by atoms with E-state index in [4.69, 9.17) is 0 Å². The van der Waals surface area contributed by atoms with Gasteiger partial charge >= 0.3 is 0 Å². The summed E-state index contributed by atoms with van der Waals surface area (Å²) in [5.41, 5.74) is 1.12. The van der Waals surface area contributed by atoms with Crippen LogP contribution >= 0.6 is 0 Å². The van der Waals surface area contributed by atoms with Crippen molar-refractivity contribution in [3.8, 4) is 0 Å². The molecule has 0 saturated carbocycles. The summed E-state index contributed by atoms with van der Waals surface area (Å²) in [4.78, 5) is 22.1. The highest BCUT2D eigenvalue weighted by Gasteiger charge is 2.13. The Balaban J connectivity index is 2.51. The summed E-state index contributed by atoms with van der Waals surface area (Å²) in [7, 11) is 0. The van der Waals surface area contributed by atoms with E-state index in [9.17, 15) is 14.7 Å². The van der Waals surface area contributed by atoms with E-state index in [1.54, 1.807) is 24.3 Å². The molecule has 0 heterocycles. The molecule has 2 unspecified atom stereocenters. The van der Waals surface area contributed by atoms with Crippen molar-refractivity contribution in [2.45, 2.75) is 26.4 Å². The van der Waals surface area contributed by atoms with E-state index in [0.717, 1.165) is 6.42 Å². The van der Waals surface area contributed by atoms with Gasteiger partial charge in [0, 0.05) is 17.8 Å². The lowest BCUT2D eigenvalue weighted by Gasteiger charge is -2.17. The number of carbonyl (C=O) groups excluding carboxylic acids is 2. The Labute approximate surface area is 113 Å². The lowest BCUT2D eigenvalue weighted by molar-refractivity contribution is -0.105. The number of carbonyl (C=O) groups is 2. The fraction of sp³-hybridized carbons (Fsp3) is 0.429. The standard InChI is InChI=1S/C14H20N2O3/c1-3-10(2)13(18)8-15-14(19)11-4-6-12(7-5-11)16-9-17/h4-7,9-10,13,18H,3,8H2,1-2H3,(H,15,19)(H,16,17). The number of hydrogen-bond donors (Lipinski definition) is 3. The van der Waals surface area contributed by atoms with Crippen LogP contribution in [0.25, 0.3) is 0 Å². The molecule has 5 nitrogen and oxygen atoms in total. The minimum Gasteiger partial charge on any atom is -0.391 e. The third kappa shape index (κ3) is 4.71. The molecule has 0 spiro atoms. The van der Waals surface area contributed by atoms with Gasteiger partial charge in [0.05, 0.1) is 6.10 Å². The second-order valence-corrected chi connectivity index (χ2v) is 4.50. The van der Waals surface area contributed by atoms with Crippen molar-refractivity contribution < 1.29 is 14.7 Å². The fourth-order valence-corrected chi connectivity index (χ4v) is 1.56. The lowest BCUT2D eigenvalue weighted by Crippen LogP contribution is -2.35. The second-order valence-electron chi connectivity index (χ2n) is 4.50. The van der Waals surface area contributed by atoms with Gasteiger partial charge in [-0.3, -0.25) is 9.59 Å². The van der Waals surface area contributed by atoms with Gasteiger partial charge in [0.1, 0.15) is 0 Å². The minimum absolute atomic E-state index is 0.152. The van der Waals surface area contributed by atoms with E-state index in [1.807, 2.05) is 13.8 Å². The maximum Gasteiger partial charge on any atom is 0.251 e. The van der Waals surface area contributed by atoms with E-state index in [0.29, 0.717) is 17.7 Å². The maximum atomic E-state index is 11.8. The van der Waals surface area contributed by atoms with E-state index in [-0.39, 0.29) is 18.4 Å². The predicted molar refractivity (Wildman–Crippen MR) is 73.9 cm³/mol. The first-order valence-corrected chi connectivity index (χ1v) is 6.35. The molecular formula is C14H20N2O3. The number of aliphatic hydroxyl groups excluding tert-OH is 1. The summed E-state index contributed by atoms with van der Waals surface area (Å²) in [5, 5.41) is 14.9. The Bertz CT molecular complexity index is 417. The van der Waals surface area contributed by atoms with E-state index >= 15 is 0 Å². The number of amides is 2. The Hall–Kier alpha value is -1.88. The molecule has 0 aromatic heterocycles. The summed E-state index contributed by atoms with van der Waals surface area (Å²) < 4.78 is 0. The van der Waals surface area contributed by atoms with Crippen LogP contribution in [0.3, 0.4) is 0 Å². The quantitative estimate of drug-likeness (QED) is 0.651. The van der Waals surface area contributed by atoms with Crippen LogP contribution in [0.15, 0.2) is 24.3 Å². The van der Waals surface area contributed by atoms with Crippen molar-refractivity contribution in [2.75, 3.05) is 11.9 Å². The fourth-order valence-electron chi connectivity index (χ4n) is 1.56. The van der Waals surface area contributed by atoms with Gasteiger partial charge in [0.2, 0.25) is 6.41 Å². The van der Waals surface area contributed by atoms with Gasteiger partial charge in [-0.05, 0) is 30.2 Å². The number of nitrogens with one attached hydrogen (secondary N) is 2. The van der Waals surface area contributed by atoms with Crippen LogP contribution in [0.5, 0.6) is 0 Å². The summed E-state index contributed by atoms with van der Waals surface area (Å²) in [6.45, 7) is 4.17. The molecular weight excluding hydrogens is 244 g/mol. The Morgan fingerprint density at radius 3 is 2.53 bits per heavy atom. The summed E-state index contributed by atoms with van der Waals surface area (Å²) in [6, 6.07) is 6.54. The minimum atomic E-state index is -0.537. The smallest absolute Gasteiger partial charge is 0.251 e. The highest BCUT2D eigenvalue weighted by Crippen LogP contribution is 2.09. The third-order valence-electron chi connectivity index (χ3n) is 3.15. The largest absolute Gasteiger partial charge is 0.391 e. The summed E-state index contributed by atoms with van der Waals surface area (Å²) >= 11 is 0. The maximum absolute atomic E-state index is 11.8. The topological polar surface area (TPSA) is 78.4 Å². The number of benzene rings is 1. The average Bonchev–Trinajstić information content (AvgIpc) is 2.44. The van der Waals surface area contributed by atoms with Crippen LogP contribution in [0.2, 0.25) is 0 Å². The summed E-state index contributed by atoms with van der Waals surface area (Å²) in [5.74, 6) is -0.0838. The first-order chi connectivity index (χ1) is 9.08. The van der Waals surface area contributed by atoms with Crippen molar-refractivity contribution >= 4 is 18.0 Å². The molecule has 3 N–H and O–H groups in total. The monoisotopic (exact) mass is 264 g/mol. The highest BCUT2D eigenvalue weighted by atomic mass is 16.3. The van der Waals surface area contributed by atoms with Crippen molar-refractivity contribution in [3.63, 3.8) is 0 Å². The van der Waals surface area contributed by atoms with Crippen LogP contribution < -0.4 is 10.6 Å². The van der Waals surface area contributed by atoms with E-state index < -0.39 is 6.10 Å². The van der Waals surface area contributed by atoms with Gasteiger partial charge in [-0.15, -0.1) is 0 Å². The SMILES string of the molecule is CCC(C)C(O)CNC(=O)c1ccc(NC=O)cc1. The molecule has 0 bridgehead atoms. The van der Waals surface area contributed by atoms with Gasteiger partial charge < -0.3 is 15.7 Å². The molecule has 0 radical (unpaired) electrons. The molecule has 0 aliphatic carbocycles. The zero-order chi connectivity index (χ0) is 14.3. The molecule has 5 heteroatoms. The van der Waals surface area contributed by atoms with Gasteiger partial charge in [-0.2, -0.15) is 0 Å². The van der Waals surface area contributed by atoms with E-state index in [2.05, 4.69) is 10.6 Å². The van der Waals surface area contributed by atoms with Crippen LogP contribution in [0.1, 0.15) is 30.6 Å². The van der Waals surface area contributed by atoms with Crippen molar-refractivity contribution in [1.82, 2.24) is 5.32 Å². The Morgan fingerprint density at radius 1 is 1.37 bits per heavy atom. The molecule has 1 aromatic rings. The molecule has 104 valence electrons. The number of aliphatic hydroxyl groups is 1. The highest BCUT2D eigenvalue weighted by molar-refractivity contribution is 5.94. The number of hydrogen-bond acceptors (Lipinski definition) is 3.